The predicted octanol–water partition coefficient (Wildman–Crippen LogP) is 1.24. The van der Waals surface area contributed by atoms with E-state index in [1.807, 2.05) is 18.7 Å². The first-order valence-corrected chi connectivity index (χ1v) is 8.07. The van der Waals surface area contributed by atoms with Crippen LogP contribution in [-0.4, -0.2) is 60.4 Å². The van der Waals surface area contributed by atoms with Gasteiger partial charge in [0.05, 0.1) is 0 Å². The van der Waals surface area contributed by atoms with E-state index < -0.39 is 5.54 Å². The van der Waals surface area contributed by atoms with Gasteiger partial charge in [0.15, 0.2) is 0 Å². The third kappa shape index (κ3) is 3.57. The van der Waals surface area contributed by atoms with E-state index in [1.165, 1.54) is 0 Å². The minimum absolute atomic E-state index is 0.0104. The van der Waals surface area contributed by atoms with E-state index in [-0.39, 0.29) is 17.2 Å². The molecule has 1 atom stereocenters. The molecule has 21 heavy (non-hydrogen) atoms. The summed E-state index contributed by atoms with van der Waals surface area (Å²) in [7, 11) is 2.15. The standard InChI is InChI=1S/C16H29N3O2/c1-5-16(3)14(21)19(9-6-13(20)17-16)12-15(2)7-10-18(4)11-8-15/h5-12H2,1-4H3,(H,17,20). The molecule has 5 heteroatoms. The minimum atomic E-state index is -0.741. The lowest BCUT2D eigenvalue weighted by atomic mass is 9.79. The van der Waals surface area contributed by atoms with Crippen molar-refractivity contribution in [1.29, 1.82) is 0 Å². The molecule has 0 spiro atoms. The van der Waals surface area contributed by atoms with Crippen molar-refractivity contribution in [3.63, 3.8) is 0 Å². The highest BCUT2D eigenvalue weighted by molar-refractivity contribution is 5.93. The molecular weight excluding hydrogens is 266 g/mol. The summed E-state index contributed by atoms with van der Waals surface area (Å²) < 4.78 is 0. The summed E-state index contributed by atoms with van der Waals surface area (Å²) >= 11 is 0. The molecule has 0 aromatic heterocycles. The molecule has 2 heterocycles. The van der Waals surface area contributed by atoms with Gasteiger partial charge >= 0.3 is 0 Å². The molecule has 0 radical (unpaired) electrons. The molecule has 5 nitrogen and oxygen atoms in total. The molecule has 1 unspecified atom stereocenters. The molecule has 0 bridgehead atoms. The summed E-state index contributed by atoms with van der Waals surface area (Å²) in [6.07, 6.45) is 3.26. The van der Waals surface area contributed by atoms with Gasteiger partial charge in [0.25, 0.3) is 0 Å². The van der Waals surface area contributed by atoms with E-state index in [4.69, 9.17) is 0 Å². The fourth-order valence-corrected chi connectivity index (χ4v) is 3.28. The van der Waals surface area contributed by atoms with Gasteiger partial charge in [-0.15, -0.1) is 0 Å². The first kappa shape index (κ1) is 16.3. The molecule has 0 aromatic carbocycles. The maximum atomic E-state index is 12.8. The van der Waals surface area contributed by atoms with Crippen LogP contribution in [0.2, 0.25) is 0 Å². The van der Waals surface area contributed by atoms with Crippen LogP contribution in [0.1, 0.15) is 46.5 Å². The van der Waals surface area contributed by atoms with Crippen LogP contribution in [0.15, 0.2) is 0 Å². The average Bonchev–Trinajstić information content (AvgIpc) is 2.55. The number of likely N-dealkylation sites (tertiary alicyclic amines) is 1. The van der Waals surface area contributed by atoms with Crippen LogP contribution in [0.5, 0.6) is 0 Å². The van der Waals surface area contributed by atoms with Crippen LogP contribution in [0, 0.1) is 5.41 Å². The number of carbonyl (C=O) groups excluding carboxylic acids is 2. The number of hydrogen-bond acceptors (Lipinski definition) is 3. The first-order valence-electron chi connectivity index (χ1n) is 8.07. The Labute approximate surface area is 128 Å². The van der Waals surface area contributed by atoms with Crippen molar-refractivity contribution in [2.45, 2.75) is 52.0 Å². The van der Waals surface area contributed by atoms with Gasteiger partial charge in [0.2, 0.25) is 11.8 Å². The number of piperidine rings is 1. The normalized spacial score (nSPS) is 31.0. The third-order valence-corrected chi connectivity index (χ3v) is 5.26. The van der Waals surface area contributed by atoms with Gasteiger partial charge in [0, 0.05) is 19.5 Å². The first-order chi connectivity index (χ1) is 9.78. The Morgan fingerprint density at radius 3 is 2.33 bits per heavy atom. The van der Waals surface area contributed by atoms with Crippen molar-refractivity contribution in [3.05, 3.63) is 0 Å². The van der Waals surface area contributed by atoms with Crippen LogP contribution in [0.25, 0.3) is 0 Å². The molecule has 0 aliphatic carbocycles. The van der Waals surface area contributed by atoms with Crippen molar-refractivity contribution in [2.24, 2.45) is 5.41 Å². The lowest BCUT2D eigenvalue weighted by Gasteiger charge is -2.42. The molecule has 2 aliphatic heterocycles. The zero-order valence-electron chi connectivity index (χ0n) is 13.9. The molecular formula is C16H29N3O2. The number of amides is 2. The fraction of sp³-hybridized carbons (Fsp3) is 0.875. The number of carbonyl (C=O) groups is 2. The summed E-state index contributed by atoms with van der Waals surface area (Å²) in [5.74, 6) is 0.0692. The molecule has 2 rings (SSSR count). The van der Waals surface area contributed by atoms with Crippen LogP contribution >= 0.6 is 0 Å². The van der Waals surface area contributed by atoms with Crippen molar-refractivity contribution in [3.8, 4) is 0 Å². The maximum Gasteiger partial charge on any atom is 0.248 e. The van der Waals surface area contributed by atoms with E-state index in [2.05, 4.69) is 24.2 Å². The third-order valence-electron chi connectivity index (χ3n) is 5.26. The average molecular weight is 295 g/mol. The van der Waals surface area contributed by atoms with Gasteiger partial charge in [-0.3, -0.25) is 9.59 Å². The largest absolute Gasteiger partial charge is 0.342 e. The number of nitrogens with one attached hydrogen (secondary N) is 1. The highest BCUT2D eigenvalue weighted by Gasteiger charge is 2.41. The van der Waals surface area contributed by atoms with Gasteiger partial charge in [-0.05, 0) is 51.7 Å². The second-order valence-electron chi connectivity index (χ2n) is 7.32. The zero-order valence-corrected chi connectivity index (χ0v) is 13.9. The Hall–Kier alpha value is -1.10. The molecule has 0 saturated carbocycles. The summed E-state index contributed by atoms with van der Waals surface area (Å²) in [4.78, 5) is 29.0. The summed E-state index contributed by atoms with van der Waals surface area (Å²) in [5.41, 5.74) is -0.570. The second kappa shape index (κ2) is 5.95. The Morgan fingerprint density at radius 2 is 1.76 bits per heavy atom. The van der Waals surface area contributed by atoms with Crippen LogP contribution in [0.3, 0.4) is 0 Å². The highest BCUT2D eigenvalue weighted by atomic mass is 16.2. The van der Waals surface area contributed by atoms with Crippen LogP contribution in [-0.2, 0) is 9.59 Å². The lowest BCUT2D eigenvalue weighted by molar-refractivity contribution is -0.140. The molecule has 0 aromatic rings. The smallest absolute Gasteiger partial charge is 0.248 e. The molecule has 2 amide bonds. The van der Waals surface area contributed by atoms with Gasteiger partial charge in [-0.25, -0.2) is 0 Å². The van der Waals surface area contributed by atoms with E-state index in [1.54, 1.807) is 0 Å². The van der Waals surface area contributed by atoms with Gasteiger partial charge < -0.3 is 15.1 Å². The van der Waals surface area contributed by atoms with Crippen LogP contribution in [0.4, 0.5) is 0 Å². The van der Waals surface area contributed by atoms with Crippen molar-refractivity contribution in [1.82, 2.24) is 15.1 Å². The molecule has 2 saturated heterocycles. The monoisotopic (exact) mass is 295 g/mol. The highest BCUT2D eigenvalue weighted by Crippen LogP contribution is 2.32. The van der Waals surface area contributed by atoms with Crippen molar-refractivity contribution < 1.29 is 9.59 Å². The molecule has 2 aliphatic rings. The lowest BCUT2D eigenvalue weighted by Crippen LogP contribution is -2.56. The summed E-state index contributed by atoms with van der Waals surface area (Å²) in [6.45, 7) is 9.57. The second-order valence-corrected chi connectivity index (χ2v) is 7.32. The number of nitrogens with zero attached hydrogens (tertiary/aromatic N) is 2. The van der Waals surface area contributed by atoms with Gasteiger partial charge in [-0.2, -0.15) is 0 Å². The van der Waals surface area contributed by atoms with Crippen molar-refractivity contribution in [2.75, 3.05) is 33.2 Å². The van der Waals surface area contributed by atoms with Crippen LogP contribution < -0.4 is 5.32 Å². The summed E-state index contributed by atoms with van der Waals surface area (Å²) in [5, 5.41) is 2.90. The van der Waals surface area contributed by atoms with E-state index in [0.717, 1.165) is 32.5 Å². The quantitative estimate of drug-likeness (QED) is 0.852. The molecule has 2 fully saturated rings. The van der Waals surface area contributed by atoms with E-state index in [0.29, 0.717) is 19.4 Å². The van der Waals surface area contributed by atoms with E-state index in [9.17, 15) is 9.59 Å². The van der Waals surface area contributed by atoms with E-state index >= 15 is 0 Å². The summed E-state index contributed by atoms with van der Waals surface area (Å²) in [6, 6.07) is 0. The molecule has 120 valence electrons. The number of rotatable bonds is 3. The predicted molar refractivity (Wildman–Crippen MR) is 82.9 cm³/mol. The zero-order chi connectivity index (χ0) is 15.7. The Morgan fingerprint density at radius 1 is 1.14 bits per heavy atom. The Kier molecular flexibility index (Phi) is 4.61. The Balaban J connectivity index is 2.11. The minimum Gasteiger partial charge on any atom is -0.342 e. The fourth-order valence-electron chi connectivity index (χ4n) is 3.28. The molecule has 1 N–H and O–H groups in total. The SMILES string of the molecule is CCC1(C)NC(=O)CCN(CC2(C)CCN(C)CC2)C1=O. The van der Waals surface area contributed by atoms with Gasteiger partial charge in [-0.1, -0.05) is 13.8 Å². The van der Waals surface area contributed by atoms with Crippen molar-refractivity contribution >= 4 is 11.8 Å². The van der Waals surface area contributed by atoms with Gasteiger partial charge in [0.1, 0.15) is 5.54 Å². The number of hydrogen-bond donors (Lipinski definition) is 1. The topological polar surface area (TPSA) is 52.7 Å². The Bertz CT molecular complexity index is 416. The maximum absolute atomic E-state index is 12.8.